The van der Waals surface area contributed by atoms with Gasteiger partial charge in [-0.15, -0.1) is 0 Å². The van der Waals surface area contributed by atoms with E-state index in [2.05, 4.69) is 18.7 Å². The molecule has 6 aliphatic rings. The van der Waals surface area contributed by atoms with E-state index in [1.807, 2.05) is 0 Å². The van der Waals surface area contributed by atoms with Gasteiger partial charge in [-0.25, -0.2) is 9.59 Å². The Morgan fingerprint density at radius 1 is 1.08 bits per heavy atom. The minimum absolute atomic E-state index is 0.0615. The van der Waals surface area contributed by atoms with Gasteiger partial charge >= 0.3 is 12.1 Å². The zero-order valence-electron chi connectivity index (χ0n) is 22.7. The lowest BCUT2D eigenvalue weighted by Gasteiger charge is -2.63. The fourth-order valence-electron chi connectivity index (χ4n) is 9.91. The summed E-state index contributed by atoms with van der Waals surface area (Å²) < 4.78 is 16.5. The molecule has 2 heterocycles. The summed E-state index contributed by atoms with van der Waals surface area (Å²) in [4.78, 5) is 26.5. The Labute approximate surface area is 221 Å². The van der Waals surface area contributed by atoms with E-state index in [0.717, 1.165) is 83.0 Å². The molecule has 1 saturated heterocycles. The predicted molar refractivity (Wildman–Crippen MR) is 138 cm³/mol. The molecule has 0 aromatic heterocycles. The summed E-state index contributed by atoms with van der Waals surface area (Å²) in [5.41, 5.74) is 0.374. The molecule has 0 spiro atoms. The third-order valence-electron chi connectivity index (χ3n) is 12.0. The summed E-state index contributed by atoms with van der Waals surface area (Å²) in [6, 6.07) is 0. The topological polar surface area (TPSA) is 85.3 Å². The van der Waals surface area contributed by atoms with E-state index in [9.17, 15) is 14.7 Å². The lowest BCUT2D eigenvalue weighted by Crippen LogP contribution is -2.62. The quantitative estimate of drug-likeness (QED) is 0.523. The molecular formula is C30H45NO6. The molecule has 0 unspecified atom stereocenters. The van der Waals surface area contributed by atoms with Crippen molar-refractivity contribution in [2.75, 3.05) is 32.8 Å². The van der Waals surface area contributed by atoms with Gasteiger partial charge < -0.3 is 19.3 Å². The van der Waals surface area contributed by atoms with Gasteiger partial charge in [0.2, 0.25) is 0 Å². The Balaban J connectivity index is 1.08. The molecule has 0 bridgehead atoms. The van der Waals surface area contributed by atoms with Crippen LogP contribution in [0.1, 0.15) is 84.5 Å². The number of esters is 1. The van der Waals surface area contributed by atoms with Crippen LogP contribution >= 0.6 is 0 Å². The molecule has 0 aromatic carbocycles. The molecule has 4 saturated carbocycles. The predicted octanol–water partition coefficient (Wildman–Crippen LogP) is 4.86. The highest BCUT2D eigenvalue weighted by Crippen LogP contribution is 2.70. The lowest BCUT2D eigenvalue weighted by molar-refractivity contribution is -0.208. The molecule has 2 aliphatic heterocycles. The first kappa shape index (κ1) is 25.7. The van der Waals surface area contributed by atoms with Crippen LogP contribution in [0.2, 0.25) is 0 Å². The Morgan fingerprint density at radius 3 is 2.65 bits per heavy atom. The maximum absolute atomic E-state index is 12.4. The van der Waals surface area contributed by atoms with Crippen LogP contribution in [-0.2, 0) is 19.0 Å². The zero-order valence-corrected chi connectivity index (χ0v) is 22.7. The number of hydrogen-bond acceptors (Lipinski definition) is 7. The van der Waals surface area contributed by atoms with E-state index in [0.29, 0.717) is 31.0 Å². The number of likely N-dealkylation sites (tertiary alicyclic amines) is 1. The maximum Gasteiger partial charge on any atom is 0.508 e. The van der Waals surface area contributed by atoms with Crippen LogP contribution in [0.25, 0.3) is 0 Å². The third kappa shape index (κ3) is 4.23. The van der Waals surface area contributed by atoms with Gasteiger partial charge in [0, 0.05) is 18.0 Å². The summed E-state index contributed by atoms with van der Waals surface area (Å²) in [6.45, 7) is 8.53. The van der Waals surface area contributed by atoms with Crippen LogP contribution < -0.4 is 0 Å². The lowest BCUT2D eigenvalue weighted by atomic mass is 9.43. The van der Waals surface area contributed by atoms with Crippen molar-refractivity contribution in [2.45, 2.75) is 96.2 Å². The molecule has 8 atom stereocenters. The van der Waals surface area contributed by atoms with E-state index in [1.54, 1.807) is 6.08 Å². The van der Waals surface area contributed by atoms with Gasteiger partial charge in [0.15, 0.2) is 0 Å². The number of hydrogen-bond donors (Lipinski definition) is 1. The molecule has 206 valence electrons. The average Bonchev–Trinajstić information content (AvgIpc) is 3.59. The fourth-order valence-corrected chi connectivity index (χ4v) is 9.91. The molecule has 6 rings (SSSR count). The van der Waals surface area contributed by atoms with Crippen LogP contribution in [0.5, 0.6) is 0 Å². The number of carbonyl (C=O) groups is 2. The van der Waals surface area contributed by atoms with Crippen LogP contribution in [0, 0.1) is 34.5 Å². The average molecular weight is 516 g/mol. The second kappa shape index (κ2) is 9.55. The molecule has 5 fully saturated rings. The van der Waals surface area contributed by atoms with Crippen LogP contribution in [-0.4, -0.2) is 66.7 Å². The summed E-state index contributed by atoms with van der Waals surface area (Å²) in [7, 11) is 0. The Bertz CT molecular complexity index is 944. The van der Waals surface area contributed by atoms with E-state index in [-0.39, 0.29) is 28.8 Å². The minimum atomic E-state index is -0.687. The highest BCUT2D eigenvalue weighted by Gasteiger charge is 2.67. The van der Waals surface area contributed by atoms with Gasteiger partial charge in [-0.1, -0.05) is 13.8 Å². The van der Waals surface area contributed by atoms with Gasteiger partial charge in [0.25, 0.3) is 0 Å². The van der Waals surface area contributed by atoms with E-state index in [4.69, 9.17) is 14.2 Å². The van der Waals surface area contributed by atoms with Gasteiger partial charge in [0.1, 0.15) is 19.3 Å². The van der Waals surface area contributed by atoms with E-state index >= 15 is 0 Å². The molecule has 0 radical (unpaired) electrons. The normalized spacial score (nSPS) is 45.4. The molecule has 7 heteroatoms. The summed E-state index contributed by atoms with van der Waals surface area (Å²) in [6.07, 6.45) is 12.4. The van der Waals surface area contributed by atoms with Crippen LogP contribution in [0.3, 0.4) is 0 Å². The molecular weight excluding hydrogens is 470 g/mol. The first-order chi connectivity index (χ1) is 17.7. The van der Waals surface area contributed by atoms with Gasteiger partial charge in [-0.05, 0) is 118 Å². The summed E-state index contributed by atoms with van der Waals surface area (Å²) >= 11 is 0. The van der Waals surface area contributed by atoms with Gasteiger partial charge in [0.05, 0.1) is 5.60 Å². The molecule has 4 aliphatic carbocycles. The number of nitrogens with zero attached hydrogens (tertiary/aromatic N) is 1. The van der Waals surface area contributed by atoms with E-state index in [1.165, 1.54) is 12.8 Å². The third-order valence-corrected chi connectivity index (χ3v) is 12.0. The van der Waals surface area contributed by atoms with Crippen molar-refractivity contribution in [3.05, 3.63) is 11.6 Å². The van der Waals surface area contributed by atoms with Crippen molar-refractivity contribution in [3.63, 3.8) is 0 Å². The highest BCUT2D eigenvalue weighted by molar-refractivity contribution is 5.85. The number of ether oxygens (including phenoxy) is 3. The Kier molecular flexibility index (Phi) is 6.62. The first-order valence-electron chi connectivity index (χ1n) is 14.9. The van der Waals surface area contributed by atoms with Gasteiger partial charge in [-0.3, -0.25) is 4.90 Å². The minimum Gasteiger partial charge on any atom is -0.458 e. The van der Waals surface area contributed by atoms with Crippen LogP contribution in [0.4, 0.5) is 4.79 Å². The van der Waals surface area contributed by atoms with Crippen LogP contribution in [0.15, 0.2) is 11.6 Å². The Hall–Kier alpha value is -1.60. The smallest absolute Gasteiger partial charge is 0.458 e. The van der Waals surface area contributed by atoms with Crippen molar-refractivity contribution in [1.29, 1.82) is 0 Å². The summed E-state index contributed by atoms with van der Waals surface area (Å²) in [5.74, 6) is 1.30. The molecule has 1 N–H and O–H groups in total. The molecule has 0 amide bonds. The van der Waals surface area contributed by atoms with E-state index < -0.39 is 11.8 Å². The SMILES string of the molecule is C[C@]12CC[C@H](OC(=O)OCCN3CCCC3)C[C@H]1CC[C@@H]1[C@@H]2CC[C@]2(C)[C@@H](C3=CC(=O)OC3)CC[C@]12O. The summed E-state index contributed by atoms with van der Waals surface area (Å²) in [5, 5.41) is 12.4. The number of carbonyl (C=O) groups excluding carboxylic acids is 2. The second-order valence-corrected chi connectivity index (χ2v) is 13.5. The molecule has 7 nitrogen and oxygen atoms in total. The largest absolute Gasteiger partial charge is 0.508 e. The standard InChI is InChI=1S/C30H45NO6/c1-28-10-7-22(37-27(33)35-16-15-31-13-3-4-14-31)18-21(28)5-6-25-24(28)8-11-29(2)23(9-12-30(25,29)34)20-17-26(32)36-19-20/h17,21-25,34H,3-16,18-19H2,1-2H3/t21-,22+,23-,24+,25-,28+,29-,30+/m1/s1. The number of cyclic esters (lactones) is 1. The van der Waals surface area contributed by atoms with Crippen molar-refractivity contribution in [2.24, 2.45) is 34.5 Å². The number of rotatable bonds is 5. The van der Waals surface area contributed by atoms with Crippen molar-refractivity contribution < 1.29 is 28.9 Å². The molecule has 37 heavy (non-hydrogen) atoms. The Morgan fingerprint density at radius 2 is 1.89 bits per heavy atom. The van der Waals surface area contributed by atoms with Crippen molar-refractivity contribution in [3.8, 4) is 0 Å². The monoisotopic (exact) mass is 515 g/mol. The van der Waals surface area contributed by atoms with Crippen molar-refractivity contribution >= 4 is 12.1 Å². The van der Waals surface area contributed by atoms with Gasteiger partial charge in [-0.2, -0.15) is 0 Å². The number of fused-ring (bicyclic) bond motifs is 5. The highest BCUT2D eigenvalue weighted by atomic mass is 16.7. The fraction of sp³-hybridized carbons (Fsp3) is 0.867. The molecule has 0 aromatic rings. The maximum atomic E-state index is 12.4. The van der Waals surface area contributed by atoms with Crippen molar-refractivity contribution in [1.82, 2.24) is 4.90 Å². The second-order valence-electron chi connectivity index (χ2n) is 13.5. The first-order valence-corrected chi connectivity index (χ1v) is 14.9. The zero-order chi connectivity index (χ0) is 25.8. The number of aliphatic hydroxyl groups is 1.